The third kappa shape index (κ3) is 4.37. The molecule has 1 aromatic heterocycles. The highest BCUT2D eigenvalue weighted by molar-refractivity contribution is 5.88. The van der Waals surface area contributed by atoms with Crippen LogP contribution in [-0.2, 0) is 6.61 Å². The number of ether oxygens (including phenoxy) is 1. The molecular weight excluding hydrogens is 316 g/mol. The molecule has 1 heterocycles. The van der Waals surface area contributed by atoms with Gasteiger partial charge in [-0.25, -0.2) is 4.79 Å². The van der Waals surface area contributed by atoms with Crippen molar-refractivity contribution >= 4 is 17.0 Å². The lowest BCUT2D eigenvalue weighted by atomic mass is 10.0. The van der Waals surface area contributed by atoms with E-state index in [9.17, 15) is 9.90 Å². The van der Waals surface area contributed by atoms with Crippen LogP contribution in [0.25, 0.3) is 17.0 Å². The number of aliphatic hydroxyl groups is 1. The van der Waals surface area contributed by atoms with Crippen molar-refractivity contribution in [2.75, 3.05) is 0 Å². The van der Waals surface area contributed by atoms with Crippen molar-refractivity contribution in [3.05, 3.63) is 82.2 Å². The molecule has 0 radical (unpaired) electrons. The van der Waals surface area contributed by atoms with E-state index in [1.807, 2.05) is 42.5 Å². The lowest BCUT2D eigenvalue weighted by Gasteiger charge is -2.13. The Labute approximate surface area is 146 Å². The monoisotopic (exact) mass is 336 g/mol. The fourth-order valence-corrected chi connectivity index (χ4v) is 2.44. The van der Waals surface area contributed by atoms with Crippen LogP contribution in [0.15, 0.2) is 69.9 Å². The van der Waals surface area contributed by atoms with Crippen LogP contribution in [0.2, 0.25) is 0 Å². The quantitative estimate of drug-likeness (QED) is 0.711. The molecule has 2 aromatic carbocycles. The summed E-state index contributed by atoms with van der Waals surface area (Å²) in [7, 11) is 0. The summed E-state index contributed by atoms with van der Waals surface area (Å²) in [6.45, 7) is 3.75. The summed E-state index contributed by atoms with van der Waals surface area (Å²) in [4.78, 5) is 11.6. The minimum atomic E-state index is -0.992. The second kappa shape index (κ2) is 6.95. The SMILES string of the molecule is CC(C)(O)/C=C/c1c(OCc2ccccc2)ccc2ccc(=O)oc12. The summed E-state index contributed by atoms with van der Waals surface area (Å²) in [5.74, 6) is 0.589. The van der Waals surface area contributed by atoms with Crippen LogP contribution < -0.4 is 10.4 Å². The van der Waals surface area contributed by atoms with Crippen molar-refractivity contribution in [2.45, 2.75) is 26.1 Å². The Balaban J connectivity index is 2.04. The van der Waals surface area contributed by atoms with E-state index in [1.54, 1.807) is 32.1 Å². The highest BCUT2D eigenvalue weighted by atomic mass is 16.5. The predicted octanol–water partition coefficient (Wildman–Crippen LogP) is 4.16. The maximum atomic E-state index is 11.6. The first-order valence-corrected chi connectivity index (χ1v) is 8.08. The number of fused-ring (bicyclic) bond motifs is 1. The number of hydrogen-bond donors (Lipinski definition) is 1. The second-order valence-electron chi connectivity index (χ2n) is 6.41. The van der Waals surface area contributed by atoms with Gasteiger partial charge in [0.25, 0.3) is 0 Å². The van der Waals surface area contributed by atoms with E-state index >= 15 is 0 Å². The van der Waals surface area contributed by atoms with Gasteiger partial charge in [0.2, 0.25) is 0 Å². The van der Waals surface area contributed by atoms with Gasteiger partial charge in [0, 0.05) is 11.5 Å². The van der Waals surface area contributed by atoms with Gasteiger partial charge >= 0.3 is 5.63 Å². The third-order valence-electron chi connectivity index (χ3n) is 3.68. The molecule has 0 aliphatic carbocycles. The van der Waals surface area contributed by atoms with Crippen LogP contribution in [0.4, 0.5) is 0 Å². The first-order chi connectivity index (χ1) is 11.9. The molecule has 3 rings (SSSR count). The Morgan fingerprint density at radius 1 is 1.08 bits per heavy atom. The van der Waals surface area contributed by atoms with E-state index in [4.69, 9.17) is 9.15 Å². The van der Waals surface area contributed by atoms with Crippen molar-refractivity contribution in [3.63, 3.8) is 0 Å². The molecule has 4 nitrogen and oxygen atoms in total. The van der Waals surface area contributed by atoms with Crippen LogP contribution in [0.1, 0.15) is 25.0 Å². The smallest absolute Gasteiger partial charge is 0.336 e. The molecule has 3 aromatic rings. The minimum Gasteiger partial charge on any atom is -0.488 e. The fraction of sp³-hybridized carbons (Fsp3) is 0.190. The molecule has 0 unspecified atom stereocenters. The van der Waals surface area contributed by atoms with Crippen LogP contribution in [0, 0.1) is 0 Å². The van der Waals surface area contributed by atoms with Crippen LogP contribution in [-0.4, -0.2) is 10.7 Å². The van der Waals surface area contributed by atoms with Crippen molar-refractivity contribution < 1.29 is 14.3 Å². The van der Waals surface area contributed by atoms with Gasteiger partial charge in [0.05, 0.1) is 11.2 Å². The van der Waals surface area contributed by atoms with Gasteiger partial charge in [-0.05, 0) is 43.7 Å². The summed E-state index contributed by atoms with van der Waals surface area (Å²) >= 11 is 0. The molecule has 0 saturated heterocycles. The van der Waals surface area contributed by atoms with Gasteiger partial charge in [-0.2, -0.15) is 0 Å². The van der Waals surface area contributed by atoms with Crippen molar-refractivity contribution in [2.24, 2.45) is 0 Å². The predicted molar refractivity (Wildman–Crippen MR) is 98.6 cm³/mol. The van der Waals surface area contributed by atoms with Crippen LogP contribution >= 0.6 is 0 Å². The summed E-state index contributed by atoms with van der Waals surface area (Å²) in [6.07, 6.45) is 3.37. The molecule has 128 valence electrons. The molecule has 0 aliphatic rings. The molecule has 0 aliphatic heterocycles. The molecule has 0 saturated carbocycles. The largest absolute Gasteiger partial charge is 0.488 e. The van der Waals surface area contributed by atoms with Gasteiger partial charge < -0.3 is 14.3 Å². The van der Waals surface area contributed by atoms with Crippen LogP contribution in [0.3, 0.4) is 0 Å². The van der Waals surface area contributed by atoms with E-state index in [2.05, 4.69) is 0 Å². The summed E-state index contributed by atoms with van der Waals surface area (Å²) in [5.41, 5.74) is 0.695. The topological polar surface area (TPSA) is 59.7 Å². The normalized spacial score (nSPS) is 12.0. The number of benzene rings is 2. The van der Waals surface area contributed by atoms with Crippen molar-refractivity contribution in [1.29, 1.82) is 0 Å². The summed E-state index contributed by atoms with van der Waals surface area (Å²) in [5, 5.41) is 10.8. The third-order valence-corrected chi connectivity index (χ3v) is 3.68. The molecule has 0 fully saturated rings. The molecule has 0 spiro atoms. The Morgan fingerprint density at radius 2 is 1.80 bits per heavy atom. The van der Waals surface area contributed by atoms with Gasteiger partial charge in [-0.15, -0.1) is 0 Å². The second-order valence-corrected chi connectivity index (χ2v) is 6.41. The van der Waals surface area contributed by atoms with Crippen molar-refractivity contribution in [3.8, 4) is 5.75 Å². The zero-order chi connectivity index (χ0) is 17.9. The van der Waals surface area contributed by atoms with Gasteiger partial charge in [0.15, 0.2) is 0 Å². The van der Waals surface area contributed by atoms with Crippen molar-refractivity contribution in [1.82, 2.24) is 0 Å². The highest BCUT2D eigenvalue weighted by Crippen LogP contribution is 2.30. The fourth-order valence-electron chi connectivity index (χ4n) is 2.44. The lowest BCUT2D eigenvalue weighted by molar-refractivity contribution is 0.134. The molecule has 0 atom stereocenters. The Bertz CT molecular complexity index is 947. The van der Waals surface area contributed by atoms with Gasteiger partial charge in [0.1, 0.15) is 17.9 Å². The molecule has 0 bridgehead atoms. The van der Waals surface area contributed by atoms with E-state index < -0.39 is 11.2 Å². The highest BCUT2D eigenvalue weighted by Gasteiger charge is 2.12. The van der Waals surface area contributed by atoms with E-state index in [1.165, 1.54) is 6.07 Å². The Hall–Kier alpha value is -2.85. The molecule has 4 heteroatoms. The van der Waals surface area contributed by atoms with Gasteiger partial charge in [-0.1, -0.05) is 36.4 Å². The lowest BCUT2D eigenvalue weighted by Crippen LogP contribution is -2.13. The zero-order valence-corrected chi connectivity index (χ0v) is 14.2. The number of hydrogen-bond acceptors (Lipinski definition) is 4. The molecule has 1 N–H and O–H groups in total. The first kappa shape index (κ1) is 17.0. The van der Waals surface area contributed by atoms with Gasteiger partial charge in [-0.3, -0.25) is 0 Å². The summed E-state index contributed by atoms with van der Waals surface area (Å²) < 4.78 is 11.3. The van der Waals surface area contributed by atoms with Crippen LogP contribution in [0.5, 0.6) is 5.75 Å². The number of rotatable bonds is 5. The first-order valence-electron chi connectivity index (χ1n) is 8.08. The minimum absolute atomic E-state index is 0.396. The maximum Gasteiger partial charge on any atom is 0.336 e. The standard InChI is InChI=1S/C21H20O4/c1-21(2,23)13-12-17-18(24-14-15-6-4-3-5-7-15)10-8-16-9-11-19(22)25-20(16)17/h3-13,23H,14H2,1-2H3/b13-12+. The Kier molecular flexibility index (Phi) is 4.72. The molecular formula is C21H20O4. The molecule has 0 amide bonds. The Morgan fingerprint density at radius 3 is 2.52 bits per heavy atom. The van der Waals surface area contributed by atoms with E-state index in [-0.39, 0.29) is 0 Å². The zero-order valence-electron chi connectivity index (χ0n) is 14.2. The summed E-state index contributed by atoms with van der Waals surface area (Å²) in [6, 6.07) is 16.6. The maximum absolute atomic E-state index is 11.6. The van der Waals surface area contributed by atoms with E-state index in [0.29, 0.717) is 23.5 Å². The average Bonchev–Trinajstić information content (AvgIpc) is 2.58. The molecule has 25 heavy (non-hydrogen) atoms. The van der Waals surface area contributed by atoms with E-state index in [0.717, 1.165) is 10.9 Å². The average molecular weight is 336 g/mol.